The molecular weight excluding hydrogens is 226 g/mol. The van der Waals surface area contributed by atoms with E-state index in [-0.39, 0.29) is 0 Å². The van der Waals surface area contributed by atoms with Crippen molar-refractivity contribution in [3.05, 3.63) is 18.2 Å². The van der Waals surface area contributed by atoms with Crippen molar-refractivity contribution in [2.75, 3.05) is 44.9 Å². The first-order chi connectivity index (χ1) is 8.61. The molecule has 100 valence electrons. The zero-order valence-corrected chi connectivity index (χ0v) is 11.5. The van der Waals surface area contributed by atoms with E-state index in [0.29, 0.717) is 6.04 Å². The Balaban J connectivity index is 2.09. The Labute approximate surface area is 109 Å². The third-order valence-electron chi connectivity index (χ3n) is 3.74. The van der Waals surface area contributed by atoms with Gasteiger partial charge in [-0.1, -0.05) is 0 Å². The number of piperidine rings is 1. The van der Waals surface area contributed by atoms with E-state index in [4.69, 9.17) is 10.5 Å². The van der Waals surface area contributed by atoms with Crippen LogP contribution in [0.1, 0.15) is 12.8 Å². The molecule has 0 aliphatic carbocycles. The molecule has 0 aromatic heterocycles. The van der Waals surface area contributed by atoms with Crippen LogP contribution in [0.2, 0.25) is 0 Å². The Morgan fingerprint density at radius 2 is 1.94 bits per heavy atom. The lowest BCUT2D eigenvalue weighted by Crippen LogP contribution is -2.42. The third-order valence-corrected chi connectivity index (χ3v) is 3.74. The van der Waals surface area contributed by atoms with Gasteiger partial charge in [-0.25, -0.2) is 0 Å². The Morgan fingerprint density at radius 1 is 1.28 bits per heavy atom. The maximum Gasteiger partial charge on any atom is 0.144 e. The molecule has 18 heavy (non-hydrogen) atoms. The predicted octanol–water partition coefficient (Wildman–Crippen LogP) is 1.81. The quantitative estimate of drug-likeness (QED) is 0.830. The summed E-state index contributed by atoms with van der Waals surface area (Å²) in [6.07, 6.45) is 2.39. The number of hydrogen-bond donors (Lipinski definition) is 1. The van der Waals surface area contributed by atoms with Gasteiger partial charge in [-0.3, -0.25) is 0 Å². The van der Waals surface area contributed by atoms with E-state index >= 15 is 0 Å². The summed E-state index contributed by atoms with van der Waals surface area (Å²) in [7, 11) is 6.01. The van der Waals surface area contributed by atoms with E-state index in [9.17, 15) is 0 Å². The van der Waals surface area contributed by atoms with Gasteiger partial charge in [-0.15, -0.1) is 0 Å². The predicted molar refractivity (Wildman–Crippen MR) is 76.3 cm³/mol. The van der Waals surface area contributed by atoms with Crippen LogP contribution in [0.4, 0.5) is 11.4 Å². The zero-order valence-electron chi connectivity index (χ0n) is 11.5. The van der Waals surface area contributed by atoms with Gasteiger partial charge in [0, 0.05) is 30.9 Å². The van der Waals surface area contributed by atoms with Gasteiger partial charge in [0.1, 0.15) is 5.75 Å². The molecular formula is C14H23N3O. The molecule has 1 aromatic rings. The van der Waals surface area contributed by atoms with E-state index in [0.717, 1.165) is 30.2 Å². The van der Waals surface area contributed by atoms with Gasteiger partial charge < -0.3 is 20.3 Å². The molecule has 4 nitrogen and oxygen atoms in total. The smallest absolute Gasteiger partial charge is 0.144 e. The minimum atomic E-state index is 0.695. The molecule has 1 aliphatic heterocycles. The van der Waals surface area contributed by atoms with Gasteiger partial charge in [-0.05, 0) is 39.1 Å². The number of ether oxygens (including phenoxy) is 1. The van der Waals surface area contributed by atoms with Crippen molar-refractivity contribution in [1.29, 1.82) is 0 Å². The summed E-state index contributed by atoms with van der Waals surface area (Å²) < 4.78 is 5.42. The molecule has 0 radical (unpaired) electrons. The van der Waals surface area contributed by atoms with Crippen molar-refractivity contribution < 1.29 is 4.74 Å². The molecule has 1 heterocycles. The molecule has 0 unspecified atom stereocenters. The van der Waals surface area contributed by atoms with E-state index in [1.165, 1.54) is 12.8 Å². The molecule has 2 rings (SSSR count). The average Bonchev–Trinajstić information content (AvgIpc) is 2.38. The first-order valence-corrected chi connectivity index (χ1v) is 6.46. The van der Waals surface area contributed by atoms with Crippen molar-refractivity contribution >= 4 is 11.4 Å². The van der Waals surface area contributed by atoms with Gasteiger partial charge in [0.15, 0.2) is 0 Å². The molecule has 1 saturated heterocycles. The highest BCUT2D eigenvalue weighted by atomic mass is 16.5. The largest absolute Gasteiger partial charge is 0.495 e. The maximum absolute atomic E-state index is 5.79. The highest BCUT2D eigenvalue weighted by molar-refractivity contribution is 5.64. The SMILES string of the molecule is COc1cc(N)ccc1N1CCC(N(C)C)CC1. The number of rotatable bonds is 3. The second-order valence-electron chi connectivity index (χ2n) is 5.11. The number of hydrogen-bond acceptors (Lipinski definition) is 4. The second-order valence-corrected chi connectivity index (χ2v) is 5.11. The fourth-order valence-electron chi connectivity index (χ4n) is 2.58. The number of anilines is 2. The minimum absolute atomic E-state index is 0.695. The van der Waals surface area contributed by atoms with E-state index in [2.05, 4.69) is 30.0 Å². The van der Waals surface area contributed by atoms with Crippen LogP contribution >= 0.6 is 0 Å². The Hall–Kier alpha value is -1.42. The van der Waals surface area contributed by atoms with E-state index < -0.39 is 0 Å². The van der Waals surface area contributed by atoms with Crippen LogP contribution in [0.15, 0.2) is 18.2 Å². The van der Waals surface area contributed by atoms with Crippen molar-refractivity contribution in [3.63, 3.8) is 0 Å². The number of nitrogens with two attached hydrogens (primary N) is 1. The van der Waals surface area contributed by atoms with Crippen LogP contribution in [-0.2, 0) is 0 Å². The summed E-state index contributed by atoms with van der Waals surface area (Å²) in [5.41, 5.74) is 7.69. The lowest BCUT2D eigenvalue weighted by molar-refractivity contribution is 0.249. The normalized spacial score (nSPS) is 17.2. The lowest BCUT2D eigenvalue weighted by atomic mass is 10.0. The number of benzene rings is 1. The summed E-state index contributed by atoms with van der Waals surface area (Å²) in [6, 6.07) is 6.59. The standard InChI is InChI=1S/C14H23N3O/c1-16(2)12-6-8-17(9-7-12)13-5-4-11(15)10-14(13)18-3/h4-5,10,12H,6-9,15H2,1-3H3. The van der Waals surface area contributed by atoms with Crippen molar-refractivity contribution in [2.45, 2.75) is 18.9 Å². The summed E-state index contributed by atoms with van der Waals surface area (Å²) >= 11 is 0. The zero-order chi connectivity index (χ0) is 13.1. The van der Waals surface area contributed by atoms with E-state index in [1.54, 1.807) is 7.11 Å². The van der Waals surface area contributed by atoms with Crippen LogP contribution < -0.4 is 15.4 Å². The van der Waals surface area contributed by atoms with Crippen LogP contribution in [0.25, 0.3) is 0 Å². The third kappa shape index (κ3) is 2.70. The van der Waals surface area contributed by atoms with Crippen molar-refractivity contribution in [3.8, 4) is 5.75 Å². The van der Waals surface area contributed by atoms with Gasteiger partial charge >= 0.3 is 0 Å². The monoisotopic (exact) mass is 249 g/mol. The van der Waals surface area contributed by atoms with Gasteiger partial charge in [-0.2, -0.15) is 0 Å². The number of methoxy groups -OCH3 is 1. The Morgan fingerprint density at radius 3 is 2.50 bits per heavy atom. The van der Waals surface area contributed by atoms with Gasteiger partial charge in [0.25, 0.3) is 0 Å². The number of nitrogen functional groups attached to an aromatic ring is 1. The Kier molecular flexibility index (Phi) is 3.97. The van der Waals surface area contributed by atoms with Crippen LogP contribution in [0, 0.1) is 0 Å². The van der Waals surface area contributed by atoms with Crippen LogP contribution in [0.3, 0.4) is 0 Å². The summed E-state index contributed by atoms with van der Waals surface area (Å²) in [5, 5.41) is 0. The maximum atomic E-state index is 5.79. The highest BCUT2D eigenvalue weighted by Gasteiger charge is 2.22. The summed E-state index contributed by atoms with van der Waals surface area (Å²) in [4.78, 5) is 4.70. The van der Waals surface area contributed by atoms with Crippen LogP contribution in [-0.4, -0.2) is 45.2 Å². The van der Waals surface area contributed by atoms with Crippen LogP contribution in [0.5, 0.6) is 5.75 Å². The molecule has 0 atom stereocenters. The first-order valence-electron chi connectivity index (χ1n) is 6.46. The van der Waals surface area contributed by atoms with Crippen molar-refractivity contribution in [2.24, 2.45) is 0 Å². The molecule has 1 aromatic carbocycles. The van der Waals surface area contributed by atoms with E-state index in [1.807, 2.05) is 12.1 Å². The topological polar surface area (TPSA) is 41.7 Å². The molecule has 0 amide bonds. The molecule has 2 N–H and O–H groups in total. The molecule has 0 spiro atoms. The molecule has 1 aliphatic rings. The van der Waals surface area contributed by atoms with Gasteiger partial charge in [0.05, 0.1) is 12.8 Å². The molecule has 0 saturated carbocycles. The number of nitrogens with zero attached hydrogens (tertiary/aromatic N) is 2. The summed E-state index contributed by atoms with van der Waals surface area (Å²) in [5.74, 6) is 0.873. The Bertz CT molecular complexity index is 398. The highest BCUT2D eigenvalue weighted by Crippen LogP contribution is 2.32. The fourth-order valence-corrected chi connectivity index (χ4v) is 2.58. The fraction of sp³-hybridized carbons (Fsp3) is 0.571. The van der Waals surface area contributed by atoms with Crippen molar-refractivity contribution in [1.82, 2.24) is 4.90 Å². The second kappa shape index (κ2) is 5.48. The average molecular weight is 249 g/mol. The molecule has 1 fully saturated rings. The minimum Gasteiger partial charge on any atom is -0.495 e. The molecule has 0 bridgehead atoms. The first kappa shape index (κ1) is 13.0. The summed E-state index contributed by atoms with van der Waals surface area (Å²) in [6.45, 7) is 2.15. The molecule has 4 heteroatoms. The van der Waals surface area contributed by atoms with Gasteiger partial charge in [0.2, 0.25) is 0 Å². The lowest BCUT2D eigenvalue weighted by Gasteiger charge is -2.37.